The third-order valence-corrected chi connectivity index (χ3v) is 4.56. The Hall–Kier alpha value is -0.580. The second kappa shape index (κ2) is 6.25. The summed E-state index contributed by atoms with van der Waals surface area (Å²) in [6.45, 7) is 5.56. The summed E-state index contributed by atoms with van der Waals surface area (Å²) in [7, 11) is 4.37. The first-order valence-corrected chi connectivity index (χ1v) is 7.71. The molecule has 2 atom stereocenters. The van der Waals surface area contributed by atoms with Gasteiger partial charge in [-0.15, -0.1) is 0 Å². The first-order chi connectivity index (χ1) is 8.97. The molecule has 1 heterocycles. The first-order valence-electron chi connectivity index (χ1n) is 6.92. The quantitative estimate of drug-likeness (QED) is 0.923. The molecule has 1 aromatic carbocycles. The number of anilines is 1. The summed E-state index contributed by atoms with van der Waals surface area (Å²) in [6, 6.07) is 6.51. The van der Waals surface area contributed by atoms with Crippen LogP contribution in [0.5, 0.6) is 0 Å². The van der Waals surface area contributed by atoms with Crippen LogP contribution in [0.3, 0.4) is 0 Å². The lowest BCUT2D eigenvalue weighted by atomic mass is 10.1. The van der Waals surface area contributed by atoms with Crippen LogP contribution in [-0.4, -0.2) is 38.6 Å². The van der Waals surface area contributed by atoms with Crippen molar-refractivity contribution in [2.75, 3.05) is 38.6 Å². The van der Waals surface area contributed by atoms with E-state index in [0.29, 0.717) is 0 Å². The van der Waals surface area contributed by atoms with Crippen molar-refractivity contribution in [1.29, 1.82) is 0 Å². The van der Waals surface area contributed by atoms with Crippen LogP contribution in [0.1, 0.15) is 24.9 Å². The van der Waals surface area contributed by atoms with E-state index in [1.165, 1.54) is 30.8 Å². The molecule has 2 unspecified atom stereocenters. The molecular formula is C15H24BrN3. The number of hydrogen-bond donors (Lipinski definition) is 1. The highest BCUT2D eigenvalue weighted by Crippen LogP contribution is 2.29. The average Bonchev–Trinajstić information content (AvgIpc) is 2.74. The largest absolute Gasteiger partial charge is 0.373 e. The Labute approximate surface area is 124 Å². The highest BCUT2D eigenvalue weighted by molar-refractivity contribution is 9.10. The normalized spacial score (nSPS) is 21.6. The Bertz CT molecular complexity index is 433. The topological polar surface area (TPSA) is 32.5 Å². The third kappa shape index (κ3) is 3.71. The van der Waals surface area contributed by atoms with Crippen molar-refractivity contribution in [1.82, 2.24) is 4.90 Å². The van der Waals surface area contributed by atoms with Crippen LogP contribution >= 0.6 is 15.9 Å². The SMILES string of the molecule is CC(N)c1ccc(N(C)CC2CCN(C)C2)c(Br)c1. The van der Waals surface area contributed by atoms with E-state index in [2.05, 4.69) is 58.0 Å². The minimum atomic E-state index is 0.0825. The molecule has 1 saturated heterocycles. The van der Waals surface area contributed by atoms with Gasteiger partial charge in [-0.1, -0.05) is 6.07 Å². The van der Waals surface area contributed by atoms with Gasteiger partial charge in [0.1, 0.15) is 0 Å². The molecule has 4 heteroatoms. The fourth-order valence-electron chi connectivity index (χ4n) is 2.78. The molecular weight excluding hydrogens is 302 g/mol. The average molecular weight is 326 g/mol. The molecule has 0 bridgehead atoms. The lowest BCUT2D eigenvalue weighted by Gasteiger charge is -2.25. The maximum absolute atomic E-state index is 5.92. The monoisotopic (exact) mass is 325 g/mol. The van der Waals surface area contributed by atoms with Gasteiger partial charge in [0.15, 0.2) is 0 Å². The predicted octanol–water partition coefficient (Wildman–Crippen LogP) is 2.86. The van der Waals surface area contributed by atoms with Gasteiger partial charge in [0, 0.05) is 30.7 Å². The summed E-state index contributed by atoms with van der Waals surface area (Å²) in [5, 5.41) is 0. The summed E-state index contributed by atoms with van der Waals surface area (Å²) >= 11 is 3.67. The zero-order chi connectivity index (χ0) is 14.0. The van der Waals surface area contributed by atoms with Crippen molar-refractivity contribution in [2.45, 2.75) is 19.4 Å². The van der Waals surface area contributed by atoms with Gasteiger partial charge in [-0.25, -0.2) is 0 Å². The van der Waals surface area contributed by atoms with Crippen molar-refractivity contribution in [2.24, 2.45) is 11.7 Å². The van der Waals surface area contributed by atoms with E-state index in [9.17, 15) is 0 Å². The molecule has 19 heavy (non-hydrogen) atoms. The Morgan fingerprint density at radius 1 is 1.53 bits per heavy atom. The van der Waals surface area contributed by atoms with E-state index in [0.717, 1.165) is 16.9 Å². The van der Waals surface area contributed by atoms with Crippen molar-refractivity contribution in [3.05, 3.63) is 28.2 Å². The van der Waals surface area contributed by atoms with E-state index in [1.807, 2.05) is 6.92 Å². The Kier molecular flexibility index (Phi) is 4.87. The Morgan fingerprint density at radius 2 is 2.26 bits per heavy atom. The Morgan fingerprint density at radius 3 is 2.79 bits per heavy atom. The molecule has 0 radical (unpaired) electrons. The molecule has 2 N–H and O–H groups in total. The zero-order valence-corrected chi connectivity index (χ0v) is 13.7. The number of benzene rings is 1. The second-order valence-corrected chi connectivity index (χ2v) is 6.65. The van der Waals surface area contributed by atoms with E-state index in [1.54, 1.807) is 0 Å². The molecule has 0 saturated carbocycles. The number of nitrogens with two attached hydrogens (primary N) is 1. The second-order valence-electron chi connectivity index (χ2n) is 5.80. The van der Waals surface area contributed by atoms with E-state index in [4.69, 9.17) is 5.73 Å². The van der Waals surface area contributed by atoms with E-state index in [-0.39, 0.29) is 6.04 Å². The van der Waals surface area contributed by atoms with E-state index >= 15 is 0 Å². The maximum atomic E-state index is 5.92. The van der Waals surface area contributed by atoms with Crippen molar-refractivity contribution in [3.63, 3.8) is 0 Å². The third-order valence-electron chi connectivity index (χ3n) is 3.93. The van der Waals surface area contributed by atoms with Gasteiger partial charge in [-0.05, 0) is 66.5 Å². The van der Waals surface area contributed by atoms with Crippen LogP contribution in [0, 0.1) is 5.92 Å². The van der Waals surface area contributed by atoms with Crippen LogP contribution in [0.4, 0.5) is 5.69 Å². The summed E-state index contributed by atoms with van der Waals surface area (Å²) in [6.07, 6.45) is 1.30. The molecule has 0 spiro atoms. The highest BCUT2D eigenvalue weighted by atomic mass is 79.9. The maximum Gasteiger partial charge on any atom is 0.0508 e. The number of nitrogens with zero attached hydrogens (tertiary/aromatic N) is 2. The van der Waals surface area contributed by atoms with Crippen LogP contribution in [0.15, 0.2) is 22.7 Å². The summed E-state index contributed by atoms with van der Waals surface area (Å²) < 4.78 is 1.14. The molecule has 1 aromatic rings. The van der Waals surface area contributed by atoms with Crippen LogP contribution in [0.25, 0.3) is 0 Å². The van der Waals surface area contributed by atoms with Gasteiger partial charge in [-0.3, -0.25) is 0 Å². The Balaban J connectivity index is 2.04. The van der Waals surface area contributed by atoms with Crippen LogP contribution in [-0.2, 0) is 0 Å². The number of rotatable bonds is 4. The van der Waals surface area contributed by atoms with Gasteiger partial charge in [-0.2, -0.15) is 0 Å². The molecule has 106 valence electrons. The van der Waals surface area contributed by atoms with Crippen LogP contribution < -0.4 is 10.6 Å². The van der Waals surface area contributed by atoms with Crippen molar-refractivity contribution >= 4 is 21.6 Å². The number of likely N-dealkylation sites (tertiary alicyclic amines) is 1. The molecule has 0 aliphatic carbocycles. The van der Waals surface area contributed by atoms with Gasteiger partial charge >= 0.3 is 0 Å². The lowest BCUT2D eigenvalue weighted by molar-refractivity contribution is 0.396. The zero-order valence-electron chi connectivity index (χ0n) is 12.1. The summed E-state index contributed by atoms with van der Waals surface area (Å²) in [5.41, 5.74) is 8.34. The van der Waals surface area contributed by atoms with Crippen molar-refractivity contribution in [3.8, 4) is 0 Å². The van der Waals surface area contributed by atoms with Gasteiger partial charge in [0.05, 0.1) is 5.69 Å². The molecule has 0 aromatic heterocycles. The van der Waals surface area contributed by atoms with Gasteiger partial charge < -0.3 is 15.5 Å². The van der Waals surface area contributed by atoms with Gasteiger partial charge in [0.25, 0.3) is 0 Å². The van der Waals surface area contributed by atoms with E-state index < -0.39 is 0 Å². The summed E-state index contributed by atoms with van der Waals surface area (Å²) in [4.78, 5) is 4.76. The fraction of sp³-hybridized carbons (Fsp3) is 0.600. The molecule has 1 fully saturated rings. The molecule has 2 rings (SSSR count). The molecule has 1 aliphatic rings. The summed E-state index contributed by atoms with van der Waals surface area (Å²) in [5.74, 6) is 0.773. The lowest BCUT2D eigenvalue weighted by Crippen LogP contribution is -2.27. The standard InChI is InChI=1S/C15H24BrN3/c1-11(17)13-4-5-15(14(16)8-13)19(3)10-12-6-7-18(2)9-12/h4-5,8,11-12H,6-7,9-10,17H2,1-3H3. The minimum Gasteiger partial charge on any atom is -0.373 e. The van der Waals surface area contributed by atoms with Gasteiger partial charge in [0.2, 0.25) is 0 Å². The molecule has 1 aliphatic heterocycles. The molecule has 3 nitrogen and oxygen atoms in total. The minimum absolute atomic E-state index is 0.0825. The van der Waals surface area contributed by atoms with Crippen molar-refractivity contribution < 1.29 is 0 Å². The smallest absolute Gasteiger partial charge is 0.0508 e. The van der Waals surface area contributed by atoms with Crippen LogP contribution in [0.2, 0.25) is 0 Å². The number of halogens is 1. The highest BCUT2D eigenvalue weighted by Gasteiger charge is 2.21. The molecule has 0 amide bonds. The predicted molar refractivity (Wildman–Crippen MR) is 85.6 cm³/mol. The number of hydrogen-bond acceptors (Lipinski definition) is 3. The fourth-order valence-corrected chi connectivity index (χ4v) is 3.48. The first kappa shape index (κ1) is 14.8.